The first-order valence-electron chi connectivity index (χ1n) is 9.74. The summed E-state index contributed by atoms with van der Waals surface area (Å²) < 4.78 is 47.0. The summed E-state index contributed by atoms with van der Waals surface area (Å²) in [4.78, 5) is 11.0. The van der Waals surface area contributed by atoms with Crippen LogP contribution >= 0.6 is 0 Å². The van der Waals surface area contributed by atoms with E-state index in [-0.39, 0.29) is 34.9 Å². The van der Waals surface area contributed by atoms with Crippen LogP contribution in [0.3, 0.4) is 0 Å². The quantitative estimate of drug-likeness (QED) is 0.647. The highest BCUT2D eigenvalue weighted by Crippen LogP contribution is 2.53. The van der Waals surface area contributed by atoms with Gasteiger partial charge in [0, 0.05) is 12.1 Å². The Bertz CT molecular complexity index is 1170. The molecular formula is C22H22F3N5O2. The zero-order valence-electron chi connectivity index (χ0n) is 17.7. The number of ether oxygens (including phenoxy) is 1. The number of nitrogens with one attached hydrogen (secondary N) is 1. The van der Waals surface area contributed by atoms with Gasteiger partial charge in [0.05, 0.1) is 16.5 Å². The summed E-state index contributed by atoms with van der Waals surface area (Å²) in [5, 5.41) is 16.8. The van der Waals surface area contributed by atoms with Crippen LogP contribution in [0.2, 0.25) is 0 Å². The zero-order valence-corrected chi connectivity index (χ0v) is 17.7. The first-order chi connectivity index (χ1) is 14.9. The Morgan fingerprint density at radius 3 is 2.62 bits per heavy atom. The van der Waals surface area contributed by atoms with Gasteiger partial charge in [-0.3, -0.25) is 9.89 Å². The molecule has 10 heteroatoms. The second-order valence-corrected chi connectivity index (χ2v) is 7.86. The Labute approximate surface area is 182 Å². The van der Waals surface area contributed by atoms with Gasteiger partial charge in [0.25, 0.3) is 0 Å². The van der Waals surface area contributed by atoms with Gasteiger partial charge < -0.3 is 16.2 Å². The Morgan fingerprint density at radius 2 is 2.06 bits per heavy atom. The highest BCUT2D eigenvalue weighted by molar-refractivity contribution is 5.76. The Balaban J connectivity index is 2.40. The number of alkyl halides is 3. The molecule has 7 nitrogen and oxygen atoms in total. The lowest BCUT2D eigenvalue weighted by molar-refractivity contribution is -0.137. The summed E-state index contributed by atoms with van der Waals surface area (Å²) in [7, 11) is 0. The molecule has 0 aliphatic carbocycles. The van der Waals surface area contributed by atoms with E-state index in [2.05, 4.69) is 10.2 Å². The summed E-state index contributed by atoms with van der Waals surface area (Å²) >= 11 is 0. The smallest absolute Gasteiger partial charge is 0.416 e. The summed E-state index contributed by atoms with van der Waals surface area (Å²) in [6.45, 7) is 5.27. The molecule has 0 saturated carbocycles. The maximum Gasteiger partial charge on any atom is 0.416 e. The number of nitrogens with zero attached hydrogens (tertiary/aromatic N) is 2. The topological polar surface area (TPSA) is 131 Å². The maximum absolute atomic E-state index is 13.8. The molecule has 2 aromatic rings. The van der Waals surface area contributed by atoms with E-state index in [4.69, 9.17) is 16.2 Å². The van der Waals surface area contributed by atoms with Crippen molar-refractivity contribution < 1.29 is 22.7 Å². The van der Waals surface area contributed by atoms with Gasteiger partial charge in [-0.05, 0) is 36.1 Å². The molecule has 0 spiro atoms. The summed E-state index contributed by atoms with van der Waals surface area (Å²) in [5.74, 6) is -1.13. The minimum Gasteiger partial charge on any atom is -0.420 e. The standard InChI is InChI=1S/C22H22F3N5O2/c1-11(2)21(16(10-26)19(28)32-20-18(21)12(3)29-30-20)14-7-13(5-4-6-17(27)31)8-15(9-14)22(23,24)25/h4-5,7-9,11H,6,28H2,1-3H3,(H2,27,31)(H,29,30). The van der Waals surface area contributed by atoms with Gasteiger partial charge >= 0.3 is 6.18 Å². The lowest BCUT2D eigenvalue weighted by atomic mass is 9.61. The van der Waals surface area contributed by atoms with Crippen LogP contribution in [0.4, 0.5) is 13.2 Å². The van der Waals surface area contributed by atoms with E-state index in [0.29, 0.717) is 11.3 Å². The number of H-pyrrole nitrogens is 1. The number of halogens is 3. The number of primary amides is 1. The van der Waals surface area contributed by atoms with E-state index in [1.165, 1.54) is 12.2 Å². The van der Waals surface area contributed by atoms with Crippen molar-refractivity contribution in [1.82, 2.24) is 10.2 Å². The van der Waals surface area contributed by atoms with E-state index in [0.717, 1.165) is 12.1 Å². The van der Waals surface area contributed by atoms with Crippen molar-refractivity contribution in [3.63, 3.8) is 0 Å². The number of aryl methyl sites for hydroxylation is 1. The van der Waals surface area contributed by atoms with Crippen molar-refractivity contribution in [3.05, 3.63) is 63.7 Å². The molecular weight excluding hydrogens is 423 g/mol. The molecule has 0 fully saturated rings. The molecule has 2 heterocycles. The van der Waals surface area contributed by atoms with Gasteiger partial charge in [-0.25, -0.2) is 0 Å². The Kier molecular flexibility index (Phi) is 5.78. The Hall–Kier alpha value is -3.74. The number of amides is 1. The van der Waals surface area contributed by atoms with Crippen molar-refractivity contribution >= 4 is 12.0 Å². The van der Waals surface area contributed by atoms with Crippen LogP contribution in [-0.2, 0) is 16.4 Å². The Morgan fingerprint density at radius 1 is 1.38 bits per heavy atom. The summed E-state index contributed by atoms with van der Waals surface area (Å²) in [6.07, 6.45) is -2.01. The molecule has 32 heavy (non-hydrogen) atoms. The molecule has 1 aliphatic rings. The molecule has 168 valence electrons. The normalized spacial score (nSPS) is 18.6. The second-order valence-electron chi connectivity index (χ2n) is 7.86. The molecule has 1 aromatic carbocycles. The minimum absolute atomic E-state index is 0.00381. The monoisotopic (exact) mass is 445 g/mol. The van der Waals surface area contributed by atoms with Crippen molar-refractivity contribution in [3.8, 4) is 11.9 Å². The number of fused-ring (bicyclic) bond motifs is 1. The molecule has 5 N–H and O–H groups in total. The average molecular weight is 445 g/mol. The van der Waals surface area contributed by atoms with Gasteiger partial charge in [-0.2, -0.15) is 18.4 Å². The fourth-order valence-electron chi connectivity index (χ4n) is 4.21. The van der Waals surface area contributed by atoms with Gasteiger partial charge in [0.1, 0.15) is 11.6 Å². The van der Waals surface area contributed by atoms with Crippen LogP contribution in [0.1, 0.15) is 48.2 Å². The van der Waals surface area contributed by atoms with Crippen LogP contribution in [-0.4, -0.2) is 16.1 Å². The third kappa shape index (κ3) is 3.70. The number of hydrogen-bond donors (Lipinski definition) is 3. The van der Waals surface area contributed by atoms with Crippen LogP contribution in [0.15, 0.2) is 35.7 Å². The number of aromatic amines is 1. The third-order valence-corrected chi connectivity index (χ3v) is 5.50. The fourth-order valence-corrected chi connectivity index (χ4v) is 4.21. The number of nitrogens with two attached hydrogens (primary N) is 2. The van der Waals surface area contributed by atoms with Gasteiger partial charge in [0.2, 0.25) is 17.7 Å². The highest BCUT2D eigenvalue weighted by Gasteiger charge is 2.51. The number of carbonyl (C=O) groups is 1. The summed E-state index contributed by atoms with van der Waals surface area (Å²) in [5.41, 5.74) is 10.3. The maximum atomic E-state index is 13.8. The molecule has 1 unspecified atom stereocenters. The van der Waals surface area contributed by atoms with E-state index < -0.39 is 29.0 Å². The fraction of sp³-hybridized carbons (Fsp3) is 0.318. The van der Waals surface area contributed by atoms with Crippen molar-refractivity contribution in [1.29, 1.82) is 5.26 Å². The molecule has 0 radical (unpaired) electrons. The molecule has 1 aliphatic heterocycles. The van der Waals surface area contributed by atoms with Crippen molar-refractivity contribution in [2.75, 3.05) is 0 Å². The van der Waals surface area contributed by atoms with E-state index in [1.54, 1.807) is 26.8 Å². The number of hydrogen-bond acceptors (Lipinski definition) is 5. The largest absolute Gasteiger partial charge is 0.420 e. The van der Waals surface area contributed by atoms with Crippen molar-refractivity contribution in [2.45, 2.75) is 38.8 Å². The molecule has 0 saturated heterocycles. The zero-order chi connectivity index (χ0) is 23.8. The van der Waals surface area contributed by atoms with Crippen LogP contribution in [0, 0.1) is 24.2 Å². The van der Waals surface area contributed by atoms with E-state index in [1.807, 2.05) is 6.07 Å². The SMILES string of the molecule is Cc1[nH]nc2c1C(c1cc(C=CCC(N)=O)cc(C(F)(F)F)c1)(C(C)C)C(C#N)=C(N)O2. The number of benzene rings is 1. The summed E-state index contributed by atoms with van der Waals surface area (Å²) in [6, 6.07) is 5.57. The number of rotatable bonds is 5. The lowest BCUT2D eigenvalue weighted by Crippen LogP contribution is -2.41. The van der Waals surface area contributed by atoms with Crippen LogP contribution in [0.5, 0.6) is 5.88 Å². The van der Waals surface area contributed by atoms with Gasteiger partial charge in [-0.1, -0.05) is 32.1 Å². The van der Waals surface area contributed by atoms with E-state index >= 15 is 0 Å². The first-order valence-corrected chi connectivity index (χ1v) is 9.74. The van der Waals surface area contributed by atoms with Gasteiger partial charge in [-0.15, -0.1) is 5.10 Å². The third-order valence-electron chi connectivity index (χ3n) is 5.50. The van der Waals surface area contributed by atoms with Crippen LogP contribution < -0.4 is 16.2 Å². The number of carbonyl (C=O) groups excluding carboxylic acids is 1. The number of aromatic nitrogens is 2. The molecule has 3 rings (SSSR count). The average Bonchev–Trinajstić information content (AvgIpc) is 3.06. The predicted octanol–water partition coefficient (Wildman–Crippen LogP) is 3.65. The minimum atomic E-state index is -4.65. The van der Waals surface area contributed by atoms with Crippen LogP contribution in [0.25, 0.3) is 6.08 Å². The lowest BCUT2D eigenvalue weighted by Gasteiger charge is -2.41. The predicted molar refractivity (Wildman–Crippen MR) is 111 cm³/mol. The first kappa shape index (κ1) is 22.9. The number of allylic oxidation sites excluding steroid dienone is 1. The molecule has 1 atom stereocenters. The molecule has 1 amide bonds. The van der Waals surface area contributed by atoms with Crippen molar-refractivity contribution in [2.24, 2.45) is 17.4 Å². The molecule has 1 aromatic heterocycles. The van der Waals surface area contributed by atoms with E-state index in [9.17, 15) is 23.2 Å². The second kappa shape index (κ2) is 8.07. The highest BCUT2D eigenvalue weighted by atomic mass is 19.4. The number of nitriles is 1. The van der Waals surface area contributed by atoms with Gasteiger partial charge in [0.15, 0.2) is 0 Å². The molecule has 0 bridgehead atoms.